The molecule has 2 fully saturated rings. The number of fused-ring (bicyclic) bond motifs is 2. The van der Waals surface area contributed by atoms with Crippen molar-refractivity contribution in [1.29, 1.82) is 0 Å². The van der Waals surface area contributed by atoms with Crippen molar-refractivity contribution < 1.29 is 13.6 Å². The van der Waals surface area contributed by atoms with Crippen LogP contribution in [0, 0.1) is 36.3 Å². The van der Waals surface area contributed by atoms with Gasteiger partial charge in [-0.25, -0.2) is 18.7 Å². The number of aryl methyl sites for hydroxylation is 1. The second-order valence-electron chi connectivity index (χ2n) is 8.18. The molecule has 5 atom stereocenters. The number of imidazole rings is 1. The van der Waals surface area contributed by atoms with Crippen molar-refractivity contribution in [1.82, 2.24) is 19.9 Å². The molecule has 0 saturated heterocycles. The molecule has 3 aromatic rings. The van der Waals surface area contributed by atoms with Crippen molar-refractivity contribution in [3.63, 3.8) is 0 Å². The summed E-state index contributed by atoms with van der Waals surface area (Å²) >= 11 is 1.48. The van der Waals surface area contributed by atoms with Crippen LogP contribution >= 0.6 is 11.3 Å². The molecule has 29 heavy (non-hydrogen) atoms. The Hall–Kier alpha value is -2.35. The van der Waals surface area contributed by atoms with E-state index >= 15 is 0 Å². The number of aromatic nitrogens is 3. The summed E-state index contributed by atoms with van der Waals surface area (Å²) in [7, 11) is 0. The van der Waals surface area contributed by atoms with Crippen molar-refractivity contribution >= 4 is 28.3 Å². The van der Waals surface area contributed by atoms with Gasteiger partial charge in [0.25, 0.3) is 5.91 Å². The van der Waals surface area contributed by atoms with Gasteiger partial charge in [0.2, 0.25) is 0 Å². The molecule has 1 aromatic carbocycles. The van der Waals surface area contributed by atoms with Crippen LogP contribution in [-0.2, 0) is 0 Å². The second-order valence-corrected chi connectivity index (χ2v) is 9.24. The number of hydrogen-bond acceptors (Lipinski definition) is 4. The minimum atomic E-state index is -0.867. The van der Waals surface area contributed by atoms with Crippen LogP contribution in [0.2, 0.25) is 0 Å². The van der Waals surface area contributed by atoms with Gasteiger partial charge in [-0.2, -0.15) is 0 Å². The maximum absolute atomic E-state index is 13.7. The Morgan fingerprint density at radius 3 is 2.69 bits per heavy atom. The minimum absolute atomic E-state index is 0.0965. The Morgan fingerprint density at radius 1 is 1.31 bits per heavy atom. The Labute approximate surface area is 171 Å². The van der Waals surface area contributed by atoms with Gasteiger partial charge in [0.15, 0.2) is 11.6 Å². The molecule has 2 aromatic heterocycles. The van der Waals surface area contributed by atoms with E-state index in [1.165, 1.54) is 17.4 Å². The van der Waals surface area contributed by atoms with Gasteiger partial charge < -0.3 is 9.88 Å². The van der Waals surface area contributed by atoms with Gasteiger partial charge in [0.1, 0.15) is 5.69 Å². The van der Waals surface area contributed by atoms with Crippen LogP contribution in [0.3, 0.4) is 0 Å². The SMILES string of the molecule is CC[C@@H](NC(=O)c1csc(C)n1)[C@H]1[C@@H]2C[C@@H](n3cnc4cc(F)c(F)cc43)C[C@@H]21. The van der Waals surface area contributed by atoms with E-state index in [0.29, 0.717) is 34.5 Å². The van der Waals surface area contributed by atoms with E-state index in [2.05, 4.69) is 22.2 Å². The first kappa shape index (κ1) is 18.7. The number of benzene rings is 1. The fourth-order valence-corrected chi connectivity index (χ4v) is 5.77. The third-order valence-corrected chi connectivity index (χ3v) is 7.34. The van der Waals surface area contributed by atoms with E-state index in [4.69, 9.17) is 0 Å². The number of carbonyl (C=O) groups excluding carboxylic acids is 1. The molecule has 5 nitrogen and oxygen atoms in total. The van der Waals surface area contributed by atoms with Crippen molar-refractivity contribution in [3.05, 3.63) is 46.2 Å². The predicted octanol–water partition coefficient (Wildman–Crippen LogP) is 4.49. The van der Waals surface area contributed by atoms with E-state index in [0.717, 1.165) is 30.3 Å². The molecular formula is C21H22F2N4OS. The molecule has 2 aliphatic rings. The van der Waals surface area contributed by atoms with E-state index < -0.39 is 11.6 Å². The number of halogens is 2. The minimum Gasteiger partial charge on any atom is -0.348 e. The molecule has 0 radical (unpaired) electrons. The Morgan fingerprint density at radius 2 is 2.03 bits per heavy atom. The van der Waals surface area contributed by atoms with Crippen LogP contribution in [0.25, 0.3) is 11.0 Å². The first-order chi connectivity index (χ1) is 14.0. The lowest BCUT2D eigenvalue weighted by molar-refractivity contribution is 0.0922. The lowest BCUT2D eigenvalue weighted by Gasteiger charge is -2.22. The molecule has 8 heteroatoms. The van der Waals surface area contributed by atoms with E-state index in [-0.39, 0.29) is 18.0 Å². The van der Waals surface area contributed by atoms with Gasteiger partial charge in [-0.3, -0.25) is 4.79 Å². The van der Waals surface area contributed by atoms with E-state index in [9.17, 15) is 13.6 Å². The summed E-state index contributed by atoms with van der Waals surface area (Å²) in [5.74, 6) is -0.236. The largest absolute Gasteiger partial charge is 0.348 e. The smallest absolute Gasteiger partial charge is 0.270 e. The highest BCUT2D eigenvalue weighted by atomic mass is 32.1. The van der Waals surface area contributed by atoms with Gasteiger partial charge in [-0.15, -0.1) is 11.3 Å². The zero-order valence-corrected chi connectivity index (χ0v) is 17.0. The van der Waals surface area contributed by atoms with E-state index in [1.54, 1.807) is 11.7 Å². The molecule has 2 heterocycles. The summed E-state index contributed by atoms with van der Waals surface area (Å²) in [5.41, 5.74) is 1.62. The maximum Gasteiger partial charge on any atom is 0.270 e. The average Bonchev–Trinajstić information content (AvgIpc) is 3.11. The average molecular weight is 416 g/mol. The third-order valence-electron chi connectivity index (χ3n) is 6.57. The monoisotopic (exact) mass is 416 g/mol. The molecule has 0 bridgehead atoms. The summed E-state index contributed by atoms with van der Waals surface area (Å²) in [6, 6.07) is 2.78. The van der Waals surface area contributed by atoms with Crippen LogP contribution in [0.15, 0.2) is 23.8 Å². The molecule has 0 spiro atoms. The van der Waals surface area contributed by atoms with Crippen molar-refractivity contribution in [2.75, 3.05) is 0 Å². The zero-order chi connectivity index (χ0) is 20.3. The zero-order valence-electron chi connectivity index (χ0n) is 16.2. The Balaban J connectivity index is 1.27. The second kappa shape index (κ2) is 6.86. The van der Waals surface area contributed by atoms with Crippen molar-refractivity contribution in [3.8, 4) is 0 Å². The molecule has 2 aliphatic carbocycles. The van der Waals surface area contributed by atoms with Gasteiger partial charge in [0.05, 0.1) is 22.4 Å². The number of hydrogen-bond donors (Lipinski definition) is 1. The summed E-state index contributed by atoms with van der Waals surface area (Å²) in [4.78, 5) is 21.0. The lowest BCUT2D eigenvalue weighted by atomic mass is 9.99. The van der Waals surface area contributed by atoms with Crippen LogP contribution in [0.5, 0.6) is 0 Å². The van der Waals surface area contributed by atoms with Gasteiger partial charge in [0, 0.05) is 29.6 Å². The molecule has 0 aliphatic heterocycles. The standard InChI is InChI=1S/C21H22F2N4OS/c1-3-16(26-21(28)18-8-29-10(2)25-18)20-12-4-11(5-13(12)20)27-9-24-17-6-14(22)15(23)7-19(17)27/h6-9,11-13,16,20H,3-5H2,1-2H3,(H,26,28)/t11-,12-,13+,16-,20+/m1/s1. The highest BCUT2D eigenvalue weighted by molar-refractivity contribution is 7.09. The molecule has 1 amide bonds. The molecule has 152 valence electrons. The predicted molar refractivity (Wildman–Crippen MR) is 107 cm³/mol. The number of amides is 1. The van der Waals surface area contributed by atoms with Crippen LogP contribution in [-0.4, -0.2) is 26.5 Å². The highest BCUT2D eigenvalue weighted by Crippen LogP contribution is 2.62. The number of rotatable bonds is 5. The number of nitrogens with zero attached hydrogens (tertiary/aromatic N) is 3. The normalized spacial score (nSPS) is 26.5. The summed E-state index contributed by atoms with van der Waals surface area (Å²) < 4.78 is 29.1. The fraction of sp³-hybridized carbons (Fsp3) is 0.476. The van der Waals surface area contributed by atoms with Crippen LogP contribution in [0.1, 0.15) is 47.7 Å². The molecule has 2 saturated carbocycles. The maximum atomic E-state index is 13.7. The topological polar surface area (TPSA) is 59.8 Å². The summed E-state index contributed by atoms with van der Waals surface area (Å²) in [5, 5.41) is 5.86. The van der Waals surface area contributed by atoms with Gasteiger partial charge in [-0.05, 0) is 43.9 Å². The lowest BCUT2D eigenvalue weighted by Crippen LogP contribution is -2.37. The van der Waals surface area contributed by atoms with E-state index in [1.807, 2.05) is 11.5 Å². The highest BCUT2D eigenvalue weighted by Gasteiger charge is 2.59. The summed E-state index contributed by atoms with van der Waals surface area (Å²) in [6.07, 6.45) is 4.53. The molecule has 1 N–H and O–H groups in total. The van der Waals surface area contributed by atoms with Crippen molar-refractivity contribution in [2.24, 2.45) is 17.8 Å². The molecule has 0 unspecified atom stereocenters. The number of thiazole rings is 1. The van der Waals surface area contributed by atoms with Crippen LogP contribution in [0.4, 0.5) is 8.78 Å². The van der Waals surface area contributed by atoms with Crippen LogP contribution < -0.4 is 5.32 Å². The Bertz CT molecular complexity index is 1080. The first-order valence-electron chi connectivity index (χ1n) is 10.0. The third kappa shape index (κ3) is 3.13. The number of carbonyl (C=O) groups is 1. The quantitative estimate of drug-likeness (QED) is 0.667. The first-order valence-corrected chi connectivity index (χ1v) is 10.9. The van der Waals surface area contributed by atoms with Crippen molar-refractivity contribution in [2.45, 2.75) is 45.2 Å². The van der Waals surface area contributed by atoms with Gasteiger partial charge >= 0.3 is 0 Å². The number of nitrogens with one attached hydrogen (secondary N) is 1. The molecular weight excluding hydrogens is 394 g/mol. The summed E-state index contributed by atoms with van der Waals surface area (Å²) in [6.45, 7) is 3.99. The molecule has 5 rings (SSSR count). The fourth-order valence-electron chi connectivity index (χ4n) is 5.18. The van der Waals surface area contributed by atoms with Gasteiger partial charge in [-0.1, -0.05) is 6.92 Å². The Kier molecular flexibility index (Phi) is 4.42.